The van der Waals surface area contributed by atoms with Gasteiger partial charge < -0.3 is 5.11 Å². The van der Waals surface area contributed by atoms with Gasteiger partial charge in [-0.05, 0) is 19.8 Å². The van der Waals surface area contributed by atoms with Crippen LogP contribution in [0.3, 0.4) is 0 Å². The van der Waals surface area contributed by atoms with Crippen LogP contribution in [-0.2, 0) is 0 Å². The van der Waals surface area contributed by atoms with Gasteiger partial charge in [-0.2, -0.15) is 0 Å². The third-order valence-corrected chi connectivity index (χ3v) is 2.53. The van der Waals surface area contributed by atoms with E-state index in [9.17, 15) is 5.11 Å². The van der Waals surface area contributed by atoms with Crippen molar-refractivity contribution in [1.82, 2.24) is 0 Å². The van der Waals surface area contributed by atoms with Crippen LogP contribution in [-0.4, -0.2) is 11.2 Å². The van der Waals surface area contributed by atoms with Crippen molar-refractivity contribution in [1.29, 1.82) is 0 Å². The summed E-state index contributed by atoms with van der Waals surface area (Å²) in [5.41, 5.74) is 0. The predicted octanol–water partition coefficient (Wildman–Crippen LogP) is 2.53. The largest absolute Gasteiger partial charge is 0.389 e. The zero-order valence-electron chi connectivity index (χ0n) is 8.90. The summed E-state index contributed by atoms with van der Waals surface area (Å²) in [4.78, 5) is 0. The Bertz CT molecular complexity index is 277. The van der Waals surface area contributed by atoms with Crippen LogP contribution < -0.4 is 0 Å². The number of aliphatic hydroxyl groups is 1. The lowest BCUT2D eigenvalue weighted by Gasteiger charge is -2.18. The van der Waals surface area contributed by atoms with Crippen molar-refractivity contribution >= 4 is 0 Å². The van der Waals surface area contributed by atoms with E-state index in [0.29, 0.717) is 0 Å². The molecule has 0 fully saturated rings. The van der Waals surface area contributed by atoms with Crippen LogP contribution in [0.4, 0.5) is 0 Å². The molecule has 0 saturated carbocycles. The Balaban J connectivity index is 2.58. The summed E-state index contributed by atoms with van der Waals surface area (Å²) >= 11 is 0. The second-order valence-electron chi connectivity index (χ2n) is 3.57. The SMILES string of the molecule is CC#C[C@@H]1C=CC[C@H]1[C@H](O)/C=C/CC. The van der Waals surface area contributed by atoms with Crippen molar-refractivity contribution in [3.8, 4) is 11.8 Å². The van der Waals surface area contributed by atoms with Gasteiger partial charge >= 0.3 is 0 Å². The van der Waals surface area contributed by atoms with Crippen LogP contribution in [0.1, 0.15) is 26.7 Å². The first-order chi connectivity index (χ1) is 6.79. The zero-order chi connectivity index (χ0) is 10.4. The van der Waals surface area contributed by atoms with Gasteiger partial charge in [0.1, 0.15) is 0 Å². The molecular weight excluding hydrogens is 172 g/mol. The molecule has 1 aliphatic carbocycles. The quantitative estimate of drug-likeness (QED) is 0.535. The summed E-state index contributed by atoms with van der Waals surface area (Å²) in [6.45, 7) is 3.91. The standard InChI is InChI=1S/C13H18O/c1-3-5-10-13(14)12-9-6-8-11(12)7-4-2/h5-6,8,10-14H,3,9H2,1-2H3/b10-5+/t11-,12-,13-/m1/s1. The Morgan fingerprint density at radius 2 is 2.43 bits per heavy atom. The molecule has 1 heteroatoms. The van der Waals surface area contributed by atoms with Gasteiger partial charge in [-0.15, -0.1) is 5.92 Å². The highest BCUT2D eigenvalue weighted by molar-refractivity contribution is 5.18. The summed E-state index contributed by atoms with van der Waals surface area (Å²) < 4.78 is 0. The second kappa shape index (κ2) is 5.67. The molecule has 14 heavy (non-hydrogen) atoms. The van der Waals surface area contributed by atoms with Gasteiger partial charge in [0.2, 0.25) is 0 Å². The molecule has 0 radical (unpaired) electrons. The Morgan fingerprint density at radius 1 is 1.64 bits per heavy atom. The minimum Gasteiger partial charge on any atom is -0.389 e. The monoisotopic (exact) mass is 190 g/mol. The summed E-state index contributed by atoms with van der Waals surface area (Å²) in [6, 6.07) is 0. The third-order valence-electron chi connectivity index (χ3n) is 2.53. The van der Waals surface area contributed by atoms with E-state index >= 15 is 0 Å². The van der Waals surface area contributed by atoms with E-state index in [0.717, 1.165) is 12.8 Å². The highest BCUT2D eigenvalue weighted by Crippen LogP contribution is 2.28. The van der Waals surface area contributed by atoms with Gasteiger partial charge in [0.05, 0.1) is 6.10 Å². The van der Waals surface area contributed by atoms with Crippen molar-refractivity contribution in [3.05, 3.63) is 24.3 Å². The van der Waals surface area contributed by atoms with Crippen molar-refractivity contribution < 1.29 is 5.11 Å². The fraction of sp³-hybridized carbons (Fsp3) is 0.538. The molecule has 1 N–H and O–H groups in total. The highest BCUT2D eigenvalue weighted by Gasteiger charge is 2.26. The summed E-state index contributed by atoms with van der Waals surface area (Å²) in [5, 5.41) is 9.88. The Kier molecular flexibility index (Phi) is 4.49. The van der Waals surface area contributed by atoms with Crippen LogP contribution in [0.5, 0.6) is 0 Å². The Hall–Kier alpha value is -1.00. The van der Waals surface area contributed by atoms with Gasteiger partial charge in [0, 0.05) is 11.8 Å². The minimum atomic E-state index is -0.351. The van der Waals surface area contributed by atoms with Crippen LogP contribution >= 0.6 is 0 Å². The minimum absolute atomic E-state index is 0.233. The van der Waals surface area contributed by atoms with Crippen molar-refractivity contribution in [3.63, 3.8) is 0 Å². The lowest BCUT2D eigenvalue weighted by molar-refractivity contribution is 0.146. The fourth-order valence-electron chi connectivity index (χ4n) is 1.76. The van der Waals surface area contributed by atoms with E-state index in [1.807, 2.05) is 19.1 Å². The van der Waals surface area contributed by atoms with Crippen LogP contribution in [0.25, 0.3) is 0 Å². The number of aliphatic hydroxyl groups excluding tert-OH is 1. The summed E-state index contributed by atoms with van der Waals surface area (Å²) in [7, 11) is 0. The molecule has 3 atom stereocenters. The molecule has 0 saturated heterocycles. The maximum atomic E-state index is 9.88. The molecule has 0 spiro atoms. The van der Waals surface area contributed by atoms with E-state index in [-0.39, 0.29) is 17.9 Å². The molecule has 0 bridgehead atoms. The number of hydrogen-bond donors (Lipinski definition) is 1. The molecule has 0 heterocycles. The molecule has 0 aromatic carbocycles. The van der Waals surface area contributed by atoms with E-state index in [1.165, 1.54) is 0 Å². The number of rotatable bonds is 3. The molecule has 76 valence electrons. The van der Waals surface area contributed by atoms with Gasteiger partial charge in [0.15, 0.2) is 0 Å². The Morgan fingerprint density at radius 3 is 3.07 bits per heavy atom. The maximum absolute atomic E-state index is 9.88. The molecule has 0 unspecified atom stereocenters. The summed E-state index contributed by atoms with van der Waals surface area (Å²) in [5.74, 6) is 6.52. The topological polar surface area (TPSA) is 20.2 Å². The van der Waals surface area contributed by atoms with E-state index < -0.39 is 0 Å². The van der Waals surface area contributed by atoms with Gasteiger partial charge in [-0.1, -0.05) is 37.1 Å². The van der Waals surface area contributed by atoms with Crippen molar-refractivity contribution in [2.24, 2.45) is 11.8 Å². The lowest BCUT2D eigenvalue weighted by Crippen LogP contribution is -2.21. The first-order valence-corrected chi connectivity index (χ1v) is 5.23. The average molecular weight is 190 g/mol. The van der Waals surface area contributed by atoms with Gasteiger partial charge in [-0.3, -0.25) is 0 Å². The first-order valence-electron chi connectivity index (χ1n) is 5.23. The van der Waals surface area contributed by atoms with E-state index in [2.05, 4.69) is 30.9 Å². The van der Waals surface area contributed by atoms with Gasteiger partial charge in [-0.25, -0.2) is 0 Å². The number of allylic oxidation sites excluding steroid dienone is 3. The molecule has 1 rings (SSSR count). The van der Waals surface area contributed by atoms with Crippen LogP contribution in [0, 0.1) is 23.7 Å². The smallest absolute Gasteiger partial charge is 0.0766 e. The van der Waals surface area contributed by atoms with E-state index in [1.54, 1.807) is 0 Å². The zero-order valence-corrected chi connectivity index (χ0v) is 8.90. The van der Waals surface area contributed by atoms with Crippen LogP contribution in [0.15, 0.2) is 24.3 Å². The summed E-state index contributed by atoms with van der Waals surface area (Å²) in [6.07, 6.45) is 9.68. The molecule has 0 aliphatic heterocycles. The first kappa shape index (κ1) is 11.1. The fourth-order valence-corrected chi connectivity index (χ4v) is 1.76. The Labute approximate surface area is 86.5 Å². The predicted molar refractivity (Wildman–Crippen MR) is 59.6 cm³/mol. The molecule has 0 aromatic heterocycles. The van der Waals surface area contributed by atoms with E-state index in [4.69, 9.17) is 0 Å². The highest BCUT2D eigenvalue weighted by atomic mass is 16.3. The molecule has 0 amide bonds. The van der Waals surface area contributed by atoms with Crippen molar-refractivity contribution in [2.75, 3.05) is 0 Å². The maximum Gasteiger partial charge on any atom is 0.0766 e. The second-order valence-corrected chi connectivity index (χ2v) is 3.57. The number of hydrogen-bond acceptors (Lipinski definition) is 1. The molecule has 1 nitrogen and oxygen atoms in total. The van der Waals surface area contributed by atoms with Crippen LogP contribution in [0.2, 0.25) is 0 Å². The molecular formula is C13H18O. The van der Waals surface area contributed by atoms with Gasteiger partial charge in [0.25, 0.3) is 0 Å². The lowest BCUT2D eigenvalue weighted by atomic mass is 9.90. The third kappa shape index (κ3) is 2.75. The molecule has 1 aliphatic rings. The van der Waals surface area contributed by atoms with Crippen molar-refractivity contribution in [2.45, 2.75) is 32.8 Å². The average Bonchev–Trinajstić information content (AvgIpc) is 2.63. The molecule has 0 aromatic rings. The normalized spacial score (nSPS) is 27.6.